The first-order chi connectivity index (χ1) is 27.4. The van der Waals surface area contributed by atoms with Crippen molar-refractivity contribution in [2.75, 3.05) is 36.4 Å². The molecule has 0 bridgehead atoms. The molecule has 0 aliphatic carbocycles. The monoisotopic (exact) mass is 842 g/mol. The number of nitrogens with zero attached hydrogens (tertiary/aromatic N) is 8. The second-order valence-electron chi connectivity index (χ2n) is 13.7. The van der Waals surface area contributed by atoms with Gasteiger partial charge in [-0.05, 0) is 69.5 Å². The van der Waals surface area contributed by atoms with Gasteiger partial charge in [0.05, 0.1) is 23.2 Å². The fourth-order valence-electron chi connectivity index (χ4n) is 6.68. The molecule has 17 heteroatoms. The average Bonchev–Trinajstić information content (AvgIpc) is 3.86. The number of piperazine rings is 1. The fraction of sp³-hybridized carbons (Fsp3) is 0.300. The van der Waals surface area contributed by atoms with Crippen LogP contribution < -0.4 is 15.5 Å². The molecule has 0 amide bonds. The molecule has 0 unspecified atom stereocenters. The SMILES string of the molecule is Cc1nc(Nc2ncc(C(=O)Cc3c(C)cccc3Cl)s2)cc(N2CCNCC2)n1.Cc1sc2c(c1C)C(c1ccc(Cl)cc1)=N[C@@H](CC(=O)O)c1nnc(C)n1-2. The van der Waals surface area contributed by atoms with Crippen molar-refractivity contribution in [3.8, 4) is 5.00 Å². The maximum absolute atomic E-state index is 12.7. The van der Waals surface area contributed by atoms with Gasteiger partial charge in [0.1, 0.15) is 34.3 Å². The highest BCUT2D eigenvalue weighted by Gasteiger charge is 2.32. The summed E-state index contributed by atoms with van der Waals surface area (Å²) < 4.78 is 1.94. The summed E-state index contributed by atoms with van der Waals surface area (Å²) in [6, 6.07) is 14.4. The van der Waals surface area contributed by atoms with Gasteiger partial charge >= 0.3 is 5.97 Å². The molecule has 294 valence electrons. The van der Waals surface area contributed by atoms with Crippen molar-refractivity contribution >= 4 is 80.1 Å². The number of rotatable bonds is 9. The van der Waals surface area contributed by atoms with E-state index in [1.807, 2.05) is 73.9 Å². The van der Waals surface area contributed by atoms with Crippen molar-refractivity contribution in [2.24, 2.45) is 4.99 Å². The molecule has 2 aliphatic heterocycles. The molecule has 8 rings (SSSR count). The summed E-state index contributed by atoms with van der Waals surface area (Å²) in [7, 11) is 0. The van der Waals surface area contributed by atoms with Crippen LogP contribution in [0.2, 0.25) is 10.0 Å². The fourth-order valence-corrected chi connectivity index (χ4v) is 9.07. The Morgan fingerprint density at radius 2 is 1.74 bits per heavy atom. The number of aliphatic imine (C=N–C) groups is 1. The van der Waals surface area contributed by atoms with Crippen LogP contribution in [0.15, 0.2) is 59.7 Å². The number of nitrogens with one attached hydrogen (secondary N) is 2. The van der Waals surface area contributed by atoms with Crippen LogP contribution in [0.1, 0.15) is 72.3 Å². The molecule has 6 aromatic rings. The number of aryl methyl sites for hydroxylation is 4. The van der Waals surface area contributed by atoms with Gasteiger partial charge in [0.2, 0.25) is 0 Å². The molecule has 57 heavy (non-hydrogen) atoms. The molecule has 1 atom stereocenters. The lowest BCUT2D eigenvalue weighted by atomic mass is 9.99. The minimum Gasteiger partial charge on any atom is -0.481 e. The molecule has 0 saturated carbocycles. The smallest absolute Gasteiger partial charge is 0.306 e. The second-order valence-corrected chi connectivity index (χ2v) is 16.8. The van der Waals surface area contributed by atoms with Crippen molar-refractivity contribution in [2.45, 2.75) is 53.5 Å². The van der Waals surface area contributed by atoms with Gasteiger partial charge in [-0.25, -0.2) is 15.0 Å². The van der Waals surface area contributed by atoms with Gasteiger partial charge < -0.3 is 20.6 Å². The van der Waals surface area contributed by atoms with Crippen molar-refractivity contribution < 1.29 is 14.7 Å². The van der Waals surface area contributed by atoms with Gasteiger partial charge in [0.15, 0.2) is 16.7 Å². The Kier molecular flexibility index (Phi) is 12.1. The molecule has 3 N–H and O–H groups in total. The lowest BCUT2D eigenvalue weighted by molar-refractivity contribution is -0.137. The highest BCUT2D eigenvalue weighted by Crippen LogP contribution is 2.39. The lowest BCUT2D eigenvalue weighted by Crippen LogP contribution is -2.44. The van der Waals surface area contributed by atoms with Gasteiger partial charge in [0.25, 0.3) is 0 Å². The summed E-state index contributed by atoms with van der Waals surface area (Å²) in [6.07, 6.45) is 1.71. The average molecular weight is 844 g/mol. The van der Waals surface area contributed by atoms with E-state index in [4.69, 9.17) is 28.2 Å². The number of benzene rings is 2. The van der Waals surface area contributed by atoms with Crippen LogP contribution in [0.5, 0.6) is 0 Å². The molecule has 0 radical (unpaired) electrons. The van der Waals surface area contributed by atoms with E-state index in [1.54, 1.807) is 17.5 Å². The second kappa shape index (κ2) is 17.2. The number of anilines is 3. The number of hydrogen-bond donors (Lipinski definition) is 3. The highest BCUT2D eigenvalue weighted by atomic mass is 35.5. The predicted octanol–water partition coefficient (Wildman–Crippen LogP) is 8.06. The van der Waals surface area contributed by atoms with Gasteiger partial charge in [-0.15, -0.1) is 21.5 Å². The van der Waals surface area contributed by atoms with Crippen molar-refractivity contribution in [3.05, 3.63) is 120 Å². The number of halogens is 2. The largest absolute Gasteiger partial charge is 0.481 e. The van der Waals surface area contributed by atoms with E-state index >= 15 is 0 Å². The van der Waals surface area contributed by atoms with E-state index < -0.39 is 12.0 Å². The van der Waals surface area contributed by atoms with Crippen LogP contribution in [0.25, 0.3) is 5.00 Å². The van der Waals surface area contributed by atoms with Crippen LogP contribution in [0.4, 0.5) is 16.8 Å². The third-order valence-electron chi connectivity index (χ3n) is 9.70. The number of ketones is 1. The topological polar surface area (TPSA) is 163 Å². The number of carboxylic acid groups (broad SMARTS) is 1. The molecule has 2 aromatic carbocycles. The summed E-state index contributed by atoms with van der Waals surface area (Å²) in [5.41, 5.74) is 5.65. The predicted molar refractivity (Wildman–Crippen MR) is 227 cm³/mol. The van der Waals surface area contributed by atoms with E-state index in [-0.39, 0.29) is 18.6 Å². The minimum absolute atomic E-state index is 0.00266. The van der Waals surface area contributed by atoms with E-state index in [0.29, 0.717) is 37.5 Å². The van der Waals surface area contributed by atoms with Gasteiger partial charge in [0, 0.05) is 64.7 Å². The Labute approximate surface area is 347 Å². The Balaban J connectivity index is 0.000000175. The zero-order valence-electron chi connectivity index (χ0n) is 31.9. The Morgan fingerprint density at radius 1 is 0.982 bits per heavy atom. The van der Waals surface area contributed by atoms with Crippen LogP contribution in [0.3, 0.4) is 0 Å². The number of aromatic nitrogens is 6. The maximum Gasteiger partial charge on any atom is 0.306 e. The van der Waals surface area contributed by atoms with Gasteiger partial charge in [-0.3, -0.25) is 19.1 Å². The molecule has 0 spiro atoms. The van der Waals surface area contributed by atoms with Crippen LogP contribution >= 0.6 is 45.9 Å². The quantitative estimate of drug-likeness (QED) is 0.121. The van der Waals surface area contributed by atoms with E-state index in [1.165, 1.54) is 16.2 Å². The van der Waals surface area contributed by atoms with E-state index in [0.717, 1.165) is 76.4 Å². The van der Waals surface area contributed by atoms with Crippen LogP contribution in [-0.2, 0) is 11.2 Å². The summed E-state index contributed by atoms with van der Waals surface area (Å²) in [5, 5.41) is 27.3. The number of fused-ring (bicyclic) bond motifs is 3. The first-order valence-electron chi connectivity index (χ1n) is 18.3. The van der Waals surface area contributed by atoms with Crippen molar-refractivity contribution in [3.63, 3.8) is 0 Å². The lowest BCUT2D eigenvalue weighted by Gasteiger charge is -2.28. The first-order valence-corrected chi connectivity index (χ1v) is 20.6. The van der Waals surface area contributed by atoms with Crippen LogP contribution in [-0.4, -0.2) is 78.5 Å². The first kappa shape index (κ1) is 40.1. The minimum atomic E-state index is -0.926. The number of aliphatic carboxylic acids is 1. The molecular formula is C40H40Cl2N10O3S2. The highest BCUT2D eigenvalue weighted by molar-refractivity contribution is 7.17. The zero-order valence-corrected chi connectivity index (χ0v) is 35.1. The third kappa shape index (κ3) is 8.92. The number of Topliss-reactive ketones (excluding diaryl/α,β-unsaturated/α-hetero) is 1. The summed E-state index contributed by atoms with van der Waals surface area (Å²) in [4.78, 5) is 46.5. The summed E-state index contributed by atoms with van der Waals surface area (Å²) >= 11 is 15.3. The summed E-state index contributed by atoms with van der Waals surface area (Å²) in [5.74, 6) is 2.61. The molecule has 6 heterocycles. The molecule has 13 nitrogen and oxygen atoms in total. The zero-order chi connectivity index (χ0) is 40.4. The third-order valence-corrected chi connectivity index (χ3v) is 12.4. The molecule has 1 saturated heterocycles. The number of thiophene rings is 1. The van der Waals surface area contributed by atoms with E-state index in [9.17, 15) is 14.7 Å². The summed E-state index contributed by atoms with van der Waals surface area (Å²) in [6.45, 7) is 13.5. The Bertz CT molecular complexity index is 2470. The molecule has 4 aromatic heterocycles. The molecule has 2 aliphatic rings. The van der Waals surface area contributed by atoms with Gasteiger partial charge in [-0.2, -0.15) is 0 Å². The normalized spacial score (nSPS) is 14.8. The number of hydrogen-bond acceptors (Lipinski definition) is 13. The van der Waals surface area contributed by atoms with Gasteiger partial charge in [-0.1, -0.05) is 58.8 Å². The molecule has 1 fully saturated rings. The van der Waals surface area contributed by atoms with Crippen molar-refractivity contribution in [1.82, 2.24) is 35.0 Å². The molecular weight excluding hydrogens is 804 g/mol. The maximum atomic E-state index is 12.7. The number of carbonyl (C=O) groups is 2. The Morgan fingerprint density at radius 3 is 2.46 bits per heavy atom. The number of thiazole rings is 1. The Hall–Kier alpha value is -5.06. The van der Waals surface area contributed by atoms with E-state index in [2.05, 4.69) is 54.5 Å². The number of carbonyl (C=O) groups excluding carboxylic acids is 1. The number of carboxylic acids is 1. The standard InChI is InChI=1S/C21H23ClN6OS.C19H17ClN4O2S/c1-13-4-3-5-16(22)15(13)10-17(29)18-12-24-21(30-18)27-19-11-20(26-14(2)25-19)28-8-6-23-7-9-28;1-9-10(2)27-19-16(9)17(12-4-6-13(20)7-5-12)21-14(8-15(25)26)18-23-22-11(3)24(18)19/h3-5,11-12,23H,6-10H2,1-2H3,(H,24,25,26,27);4-7,14H,8H2,1-3H3,(H,25,26)/t;14-/m.0/s1. The van der Waals surface area contributed by atoms with Crippen molar-refractivity contribution in [1.29, 1.82) is 0 Å². The van der Waals surface area contributed by atoms with Crippen LogP contribution in [0, 0.1) is 34.6 Å².